The first kappa shape index (κ1) is 14.5. The molecule has 1 atom stereocenters. The molecular formula is C14H14F2N2OS. The predicted octanol–water partition coefficient (Wildman–Crippen LogP) is 3.61. The summed E-state index contributed by atoms with van der Waals surface area (Å²) in [6, 6.07) is 5.51. The molecule has 0 aliphatic rings. The number of hydrogen-bond donors (Lipinski definition) is 2. The van der Waals surface area contributed by atoms with Gasteiger partial charge >= 0.3 is 0 Å². The van der Waals surface area contributed by atoms with Gasteiger partial charge in [-0.05, 0) is 32.0 Å². The Morgan fingerprint density at radius 1 is 1.30 bits per heavy atom. The molecule has 1 unspecified atom stereocenters. The summed E-state index contributed by atoms with van der Waals surface area (Å²) in [4.78, 5) is 13.2. The summed E-state index contributed by atoms with van der Waals surface area (Å²) >= 11 is 1.58. The van der Waals surface area contributed by atoms with Crippen LogP contribution >= 0.6 is 11.3 Å². The summed E-state index contributed by atoms with van der Waals surface area (Å²) in [5.74, 6) is -2.64. The van der Waals surface area contributed by atoms with Crippen molar-refractivity contribution in [1.29, 1.82) is 0 Å². The number of amides is 1. The third kappa shape index (κ3) is 2.96. The summed E-state index contributed by atoms with van der Waals surface area (Å²) in [7, 11) is 0. The molecule has 1 aromatic carbocycles. The van der Waals surface area contributed by atoms with E-state index in [4.69, 9.17) is 5.73 Å². The molecule has 1 heterocycles. The van der Waals surface area contributed by atoms with Crippen molar-refractivity contribution in [2.45, 2.75) is 19.9 Å². The highest BCUT2D eigenvalue weighted by Crippen LogP contribution is 2.28. The first-order chi connectivity index (χ1) is 9.38. The lowest BCUT2D eigenvalue weighted by Gasteiger charge is -2.15. The van der Waals surface area contributed by atoms with Crippen molar-refractivity contribution in [3.05, 3.63) is 51.2 Å². The van der Waals surface area contributed by atoms with Crippen LogP contribution in [-0.2, 0) is 0 Å². The lowest BCUT2D eigenvalue weighted by molar-refractivity contribution is 0.0996. The highest BCUT2D eigenvalue weighted by atomic mass is 32.1. The molecule has 0 aliphatic carbocycles. The molecule has 20 heavy (non-hydrogen) atoms. The number of thiophene rings is 1. The number of aryl methyl sites for hydroxylation is 1. The van der Waals surface area contributed by atoms with Crippen molar-refractivity contribution in [3.63, 3.8) is 0 Å². The number of nitrogens with one attached hydrogen (secondary N) is 1. The van der Waals surface area contributed by atoms with Gasteiger partial charge in [-0.15, -0.1) is 11.3 Å². The van der Waals surface area contributed by atoms with Gasteiger partial charge in [0.25, 0.3) is 5.91 Å². The van der Waals surface area contributed by atoms with Gasteiger partial charge < -0.3 is 11.1 Å². The van der Waals surface area contributed by atoms with Crippen LogP contribution in [0.2, 0.25) is 0 Å². The maximum Gasteiger partial charge on any atom is 0.251 e. The molecule has 0 aliphatic heterocycles. The van der Waals surface area contributed by atoms with Gasteiger partial charge in [0.2, 0.25) is 0 Å². The highest BCUT2D eigenvalue weighted by molar-refractivity contribution is 7.12. The van der Waals surface area contributed by atoms with Crippen LogP contribution in [0.3, 0.4) is 0 Å². The Hall–Kier alpha value is -1.95. The van der Waals surface area contributed by atoms with Crippen molar-refractivity contribution in [2.75, 3.05) is 5.32 Å². The number of benzene rings is 1. The fourth-order valence-corrected chi connectivity index (χ4v) is 2.72. The molecule has 0 saturated heterocycles. The molecule has 1 amide bonds. The van der Waals surface area contributed by atoms with E-state index in [9.17, 15) is 13.6 Å². The van der Waals surface area contributed by atoms with Gasteiger partial charge in [-0.25, -0.2) is 8.78 Å². The van der Waals surface area contributed by atoms with Crippen LogP contribution in [0.15, 0.2) is 24.3 Å². The van der Waals surface area contributed by atoms with E-state index in [1.54, 1.807) is 11.3 Å². The maximum atomic E-state index is 13.7. The summed E-state index contributed by atoms with van der Waals surface area (Å²) in [6.45, 7) is 3.84. The smallest absolute Gasteiger partial charge is 0.251 e. The van der Waals surface area contributed by atoms with E-state index in [2.05, 4.69) is 5.32 Å². The normalized spacial score (nSPS) is 12.2. The van der Waals surface area contributed by atoms with Gasteiger partial charge in [-0.1, -0.05) is 0 Å². The number of hydrogen-bond acceptors (Lipinski definition) is 3. The monoisotopic (exact) mass is 296 g/mol. The van der Waals surface area contributed by atoms with E-state index in [0.717, 1.165) is 15.8 Å². The molecule has 2 rings (SSSR count). The predicted molar refractivity (Wildman–Crippen MR) is 76.0 cm³/mol. The van der Waals surface area contributed by atoms with Gasteiger partial charge in [-0.3, -0.25) is 4.79 Å². The highest BCUT2D eigenvalue weighted by Gasteiger charge is 2.16. The Labute approximate surface area is 119 Å². The van der Waals surface area contributed by atoms with E-state index in [1.807, 2.05) is 26.0 Å². The Bertz CT molecular complexity index is 655. The van der Waals surface area contributed by atoms with Gasteiger partial charge in [0, 0.05) is 15.8 Å². The average molecular weight is 296 g/mol. The van der Waals surface area contributed by atoms with Gasteiger partial charge in [0.15, 0.2) is 0 Å². The molecule has 0 spiro atoms. The lowest BCUT2D eigenvalue weighted by Crippen LogP contribution is -2.15. The SMILES string of the molecule is Cc1ccc(C(C)Nc2cc(C(N)=O)c(F)cc2F)s1. The molecule has 0 radical (unpaired) electrons. The summed E-state index contributed by atoms with van der Waals surface area (Å²) < 4.78 is 27.1. The minimum atomic E-state index is -0.958. The van der Waals surface area contributed by atoms with Crippen LogP contribution in [0.1, 0.15) is 33.1 Å². The third-order valence-corrected chi connectivity index (χ3v) is 4.07. The maximum absolute atomic E-state index is 13.7. The average Bonchev–Trinajstić information content (AvgIpc) is 2.79. The standard InChI is InChI=1S/C14H14F2N2OS/c1-7-3-4-13(20-7)8(2)18-12-5-9(14(17)19)10(15)6-11(12)16/h3-6,8,18H,1-2H3,(H2,17,19). The molecule has 2 aromatic rings. The number of halogens is 2. The van der Waals surface area contributed by atoms with Crippen LogP contribution < -0.4 is 11.1 Å². The van der Waals surface area contributed by atoms with Gasteiger partial charge in [0.1, 0.15) is 11.6 Å². The largest absolute Gasteiger partial charge is 0.375 e. The Morgan fingerprint density at radius 3 is 2.55 bits per heavy atom. The summed E-state index contributed by atoms with van der Waals surface area (Å²) in [5, 5.41) is 2.92. The van der Waals surface area contributed by atoms with Crippen LogP contribution in [-0.4, -0.2) is 5.91 Å². The molecular weight excluding hydrogens is 282 g/mol. The number of rotatable bonds is 4. The Kier molecular flexibility index (Phi) is 4.04. The number of primary amides is 1. The molecule has 6 heteroatoms. The summed E-state index contributed by atoms with van der Waals surface area (Å²) in [6.07, 6.45) is 0. The Morgan fingerprint density at radius 2 is 2.00 bits per heavy atom. The topological polar surface area (TPSA) is 55.1 Å². The van der Waals surface area contributed by atoms with Crippen LogP contribution in [0, 0.1) is 18.6 Å². The van der Waals surface area contributed by atoms with Crippen molar-refractivity contribution in [2.24, 2.45) is 5.73 Å². The zero-order chi connectivity index (χ0) is 14.9. The first-order valence-corrected chi connectivity index (χ1v) is 6.82. The first-order valence-electron chi connectivity index (χ1n) is 6.00. The zero-order valence-corrected chi connectivity index (χ0v) is 11.9. The zero-order valence-electron chi connectivity index (χ0n) is 11.0. The molecule has 1 aromatic heterocycles. The van der Waals surface area contributed by atoms with Gasteiger partial charge in [0.05, 0.1) is 17.3 Å². The van der Waals surface area contributed by atoms with Gasteiger partial charge in [-0.2, -0.15) is 0 Å². The van der Waals surface area contributed by atoms with Crippen molar-refractivity contribution in [1.82, 2.24) is 0 Å². The second-order valence-electron chi connectivity index (χ2n) is 4.49. The molecule has 0 fully saturated rings. The van der Waals surface area contributed by atoms with Crippen LogP contribution in [0.4, 0.5) is 14.5 Å². The number of nitrogens with two attached hydrogens (primary N) is 1. The van der Waals surface area contributed by atoms with Crippen molar-refractivity contribution in [3.8, 4) is 0 Å². The van der Waals surface area contributed by atoms with E-state index < -0.39 is 17.5 Å². The third-order valence-electron chi connectivity index (χ3n) is 2.88. The quantitative estimate of drug-likeness (QED) is 0.905. The van der Waals surface area contributed by atoms with E-state index >= 15 is 0 Å². The Balaban J connectivity index is 2.29. The number of carbonyl (C=O) groups is 1. The molecule has 106 valence electrons. The second-order valence-corrected chi connectivity index (χ2v) is 5.81. The molecule has 3 nitrogen and oxygen atoms in total. The van der Waals surface area contributed by atoms with E-state index in [1.165, 1.54) is 0 Å². The van der Waals surface area contributed by atoms with Crippen LogP contribution in [0.5, 0.6) is 0 Å². The minimum Gasteiger partial charge on any atom is -0.375 e. The van der Waals surface area contributed by atoms with E-state index in [0.29, 0.717) is 6.07 Å². The number of anilines is 1. The molecule has 0 saturated carbocycles. The molecule has 0 bridgehead atoms. The fraction of sp³-hybridized carbons (Fsp3) is 0.214. The summed E-state index contributed by atoms with van der Waals surface area (Å²) in [5.41, 5.74) is 4.78. The van der Waals surface area contributed by atoms with Crippen molar-refractivity contribution >= 4 is 22.9 Å². The number of carbonyl (C=O) groups excluding carboxylic acids is 1. The fourth-order valence-electron chi connectivity index (χ4n) is 1.84. The minimum absolute atomic E-state index is 0.0544. The van der Waals surface area contributed by atoms with Crippen molar-refractivity contribution < 1.29 is 13.6 Å². The lowest BCUT2D eigenvalue weighted by atomic mass is 10.1. The molecule has 3 N–H and O–H groups in total. The second kappa shape index (κ2) is 5.58. The van der Waals surface area contributed by atoms with E-state index in [-0.39, 0.29) is 17.3 Å². The van der Waals surface area contributed by atoms with Crippen LogP contribution in [0.25, 0.3) is 0 Å².